The van der Waals surface area contributed by atoms with E-state index >= 15 is 0 Å². The molecule has 0 bridgehead atoms. The van der Waals surface area contributed by atoms with Gasteiger partial charge in [-0.1, -0.05) is 0 Å². The maximum absolute atomic E-state index is 13.9. The van der Waals surface area contributed by atoms with Gasteiger partial charge in [0.15, 0.2) is 11.6 Å². The highest BCUT2D eigenvalue weighted by Crippen LogP contribution is 2.30. The van der Waals surface area contributed by atoms with E-state index in [1.165, 1.54) is 25.0 Å². The number of hydrogen-bond acceptors (Lipinski definition) is 3. The summed E-state index contributed by atoms with van der Waals surface area (Å²) in [7, 11) is 0. The zero-order chi connectivity index (χ0) is 13.4. The number of rotatable bonds is 2. The van der Waals surface area contributed by atoms with E-state index in [4.69, 9.17) is 5.26 Å². The van der Waals surface area contributed by atoms with Crippen LogP contribution in [0.15, 0.2) is 12.1 Å². The van der Waals surface area contributed by atoms with Gasteiger partial charge in [-0.2, -0.15) is 5.26 Å². The normalized spacial score (nSPS) is 20.4. The highest BCUT2D eigenvalue weighted by molar-refractivity contribution is 5.52. The summed E-state index contributed by atoms with van der Waals surface area (Å²) >= 11 is 0. The van der Waals surface area contributed by atoms with Crippen LogP contribution in [0.25, 0.3) is 0 Å². The summed E-state index contributed by atoms with van der Waals surface area (Å²) in [5.74, 6) is -1.94. The second-order valence-electron chi connectivity index (χ2n) is 5.13. The molecule has 0 amide bonds. The lowest BCUT2D eigenvalue weighted by Gasteiger charge is -2.36. The molecule has 0 spiro atoms. The number of piperazine rings is 1. The summed E-state index contributed by atoms with van der Waals surface area (Å²) in [4.78, 5) is 4.27. The zero-order valence-corrected chi connectivity index (χ0v) is 10.6. The summed E-state index contributed by atoms with van der Waals surface area (Å²) in [6.07, 6.45) is 2.53. The number of benzene rings is 1. The van der Waals surface area contributed by atoms with E-state index in [1.54, 1.807) is 6.07 Å². The van der Waals surface area contributed by atoms with Crippen molar-refractivity contribution in [2.75, 3.05) is 31.1 Å². The second kappa shape index (κ2) is 4.78. The van der Waals surface area contributed by atoms with Crippen molar-refractivity contribution in [3.05, 3.63) is 29.3 Å². The molecule has 19 heavy (non-hydrogen) atoms. The Balaban J connectivity index is 1.76. The van der Waals surface area contributed by atoms with Crippen LogP contribution in [0.3, 0.4) is 0 Å². The van der Waals surface area contributed by atoms with Gasteiger partial charge in [0.05, 0.1) is 11.3 Å². The Kier molecular flexibility index (Phi) is 3.11. The highest BCUT2D eigenvalue weighted by atomic mass is 19.2. The third-order valence-corrected chi connectivity index (χ3v) is 3.90. The minimum absolute atomic E-state index is 0.238. The van der Waals surface area contributed by atoms with Gasteiger partial charge in [-0.05, 0) is 25.0 Å². The van der Waals surface area contributed by atoms with Gasteiger partial charge in [0.1, 0.15) is 6.07 Å². The Bertz CT molecular complexity index is 526. The SMILES string of the molecule is N#Cc1ccc(N2CCN(C3CC3)CC2)c(F)c1F. The molecule has 5 heteroatoms. The Morgan fingerprint density at radius 3 is 2.32 bits per heavy atom. The number of halogens is 2. The molecule has 1 heterocycles. The van der Waals surface area contributed by atoms with Crippen LogP contribution in [-0.2, 0) is 0 Å². The molecular formula is C14H15F2N3. The van der Waals surface area contributed by atoms with E-state index in [0.717, 1.165) is 13.1 Å². The van der Waals surface area contributed by atoms with Crippen LogP contribution in [-0.4, -0.2) is 37.1 Å². The molecule has 100 valence electrons. The molecule has 1 saturated carbocycles. The van der Waals surface area contributed by atoms with Crippen molar-refractivity contribution in [1.29, 1.82) is 5.26 Å². The van der Waals surface area contributed by atoms with Gasteiger partial charge in [0.2, 0.25) is 0 Å². The molecule has 2 aliphatic rings. The summed E-state index contributed by atoms with van der Waals surface area (Å²) in [5.41, 5.74) is 0.0322. The monoisotopic (exact) mass is 263 g/mol. The number of hydrogen-bond donors (Lipinski definition) is 0. The standard InChI is InChI=1S/C14H15F2N3/c15-13-10(9-17)1-4-12(14(13)16)19-7-5-18(6-8-19)11-2-3-11/h1,4,11H,2-3,5-8H2. The Hall–Kier alpha value is -1.67. The first-order valence-corrected chi connectivity index (χ1v) is 6.58. The fraction of sp³-hybridized carbons (Fsp3) is 0.500. The molecule has 3 nitrogen and oxygen atoms in total. The summed E-state index contributed by atoms with van der Waals surface area (Å²) < 4.78 is 27.5. The van der Waals surface area contributed by atoms with E-state index in [9.17, 15) is 8.78 Å². The predicted molar refractivity (Wildman–Crippen MR) is 67.9 cm³/mol. The summed E-state index contributed by atoms with van der Waals surface area (Å²) in [6.45, 7) is 3.20. The molecule has 0 N–H and O–H groups in total. The minimum Gasteiger partial charge on any atom is -0.367 e. The Labute approximate surface area is 111 Å². The first-order valence-electron chi connectivity index (χ1n) is 6.58. The summed E-state index contributed by atoms with van der Waals surface area (Å²) in [5, 5.41) is 8.67. The average Bonchev–Trinajstić information content (AvgIpc) is 3.27. The van der Waals surface area contributed by atoms with Crippen LogP contribution in [0.1, 0.15) is 18.4 Å². The van der Waals surface area contributed by atoms with Crippen molar-refractivity contribution >= 4 is 5.69 Å². The third-order valence-electron chi connectivity index (χ3n) is 3.90. The molecule has 2 fully saturated rings. The quantitative estimate of drug-likeness (QED) is 0.818. The molecule has 1 aromatic carbocycles. The fourth-order valence-corrected chi connectivity index (χ4v) is 2.64. The molecule has 3 rings (SSSR count). The number of anilines is 1. The number of nitriles is 1. The van der Waals surface area contributed by atoms with Crippen LogP contribution in [0.2, 0.25) is 0 Å². The van der Waals surface area contributed by atoms with E-state index in [-0.39, 0.29) is 11.3 Å². The zero-order valence-electron chi connectivity index (χ0n) is 10.6. The van der Waals surface area contributed by atoms with Gasteiger partial charge in [0.25, 0.3) is 0 Å². The molecule has 0 atom stereocenters. The van der Waals surface area contributed by atoms with Crippen molar-refractivity contribution < 1.29 is 8.78 Å². The molecule has 1 aliphatic heterocycles. The van der Waals surface area contributed by atoms with Crippen LogP contribution in [0.5, 0.6) is 0 Å². The lowest BCUT2D eigenvalue weighted by atomic mass is 10.1. The maximum atomic E-state index is 13.9. The first kappa shape index (κ1) is 12.4. The lowest BCUT2D eigenvalue weighted by Crippen LogP contribution is -2.47. The second-order valence-corrected chi connectivity index (χ2v) is 5.13. The third kappa shape index (κ3) is 2.28. The van der Waals surface area contributed by atoms with E-state index in [2.05, 4.69) is 4.90 Å². The van der Waals surface area contributed by atoms with Gasteiger partial charge >= 0.3 is 0 Å². The highest BCUT2D eigenvalue weighted by Gasteiger charge is 2.32. The Morgan fingerprint density at radius 1 is 1.05 bits per heavy atom. The molecule has 0 unspecified atom stereocenters. The lowest BCUT2D eigenvalue weighted by molar-refractivity contribution is 0.247. The summed E-state index contributed by atoms with van der Waals surface area (Å²) in [6, 6.07) is 5.22. The van der Waals surface area contributed by atoms with Gasteiger partial charge in [-0.3, -0.25) is 4.90 Å². The molecular weight excluding hydrogens is 248 g/mol. The molecule has 1 aromatic rings. The largest absolute Gasteiger partial charge is 0.367 e. The van der Waals surface area contributed by atoms with Crippen molar-refractivity contribution in [2.45, 2.75) is 18.9 Å². The van der Waals surface area contributed by atoms with E-state index < -0.39 is 11.6 Å². The van der Waals surface area contributed by atoms with Crippen LogP contribution in [0.4, 0.5) is 14.5 Å². The van der Waals surface area contributed by atoms with Gasteiger partial charge < -0.3 is 4.90 Å². The predicted octanol–water partition coefficient (Wildman–Crippen LogP) is 2.12. The fourth-order valence-electron chi connectivity index (χ4n) is 2.64. The van der Waals surface area contributed by atoms with Crippen molar-refractivity contribution in [3.63, 3.8) is 0 Å². The topological polar surface area (TPSA) is 30.3 Å². The van der Waals surface area contributed by atoms with Gasteiger partial charge in [0, 0.05) is 32.2 Å². The molecule has 1 aliphatic carbocycles. The van der Waals surface area contributed by atoms with E-state index in [1.807, 2.05) is 4.90 Å². The smallest absolute Gasteiger partial charge is 0.183 e. The molecule has 1 saturated heterocycles. The van der Waals surface area contributed by atoms with Crippen LogP contribution >= 0.6 is 0 Å². The van der Waals surface area contributed by atoms with E-state index in [0.29, 0.717) is 19.1 Å². The minimum atomic E-state index is -1.04. The van der Waals surface area contributed by atoms with Crippen molar-refractivity contribution in [1.82, 2.24) is 4.90 Å². The van der Waals surface area contributed by atoms with Gasteiger partial charge in [-0.25, -0.2) is 8.78 Å². The maximum Gasteiger partial charge on any atom is 0.183 e. The molecule has 0 radical (unpaired) electrons. The van der Waals surface area contributed by atoms with Crippen molar-refractivity contribution in [2.24, 2.45) is 0 Å². The number of nitrogens with zero attached hydrogens (tertiary/aromatic N) is 3. The first-order chi connectivity index (χ1) is 9.20. The Morgan fingerprint density at radius 2 is 1.74 bits per heavy atom. The van der Waals surface area contributed by atoms with Gasteiger partial charge in [-0.15, -0.1) is 0 Å². The van der Waals surface area contributed by atoms with Crippen molar-refractivity contribution in [3.8, 4) is 6.07 Å². The average molecular weight is 263 g/mol. The van der Waals surface area contributed by atoms with Crippen LogP contribution in [0, 0.1) is 23.0 Å². The molecule has 0 aromatic heterocycles. The van der Waals surface area contributed by atoms with Crippen LogP contribution < -0.4 is 4.90 Å².